The van der Waals surface area contributed by atoms with E-state index in [2.05, 4.69) is 5.10 Å². The van der Waals surface area contributed by atoms with Crippen molar-refractivity contribution in [2.24, 2.45) is 0 Å². The summed E-state index contributed by atoms with van der Waals surface area (Å²) in [5.74, 6) is -1.41. The van der Waals surface area contributed by atoms with Gasteiger partial charge in [0.15, 0.2) is 0 Å². The molecule has 0 aliphatic rings. The summed E-state index contributed by atoms with van der Waals surface area (Å²) in [6.07, 6.45) is -1.43. The highest BCUT2D eigenvalue weighted by atomic mass is 32.2. The maximum absolute atomic E-state index is 13.3. The fraction of sp³-hybridized carbons (Fsp3) is 0.231. The predicted octanol–water partition coefficient (Wildman–Crippen LogP) is 5.56. The number of rotatable bonds is 9. The molecule has 0 bridgehead atoms. The number of hydrogen-bond donors (Lipinski definition) is 1. The normalized spacial score (nSPS) is 12.4. The van der Waals surface area contributed by atoms with Crippen molar-refractivity contribution >= 4 is 28.6 Å². The SMILES string of the molecule is COc1cc(C[C@@H](COc2ccc3c(cnn3-c3ccc(F)cc3)c2)NC(=O)C(F)(F)F)ccc1SC. The number of methoxy groups -OCH3 is 1. The Morgan fingerprint density at radius 1 is 1.11 bits per heavy atom. The van der Waals surface area contributed by atoms with E-state index in [1.54, 1.807) is 53.3 Å². The van der Waals surface area contributed by atoms with E-state index in [9.17, 15) is 22.4 Å². The Morgan fingerprint density at radius 3 is 2.54 bits per heavy atom. The first-order chi connectivity index (χ1) is 17.7. The van der Waals surface area contributed by atoms with Crippen molar-refractivity contribution in [3.8, 4) is 17.2 Å². The van der Waals surface area contributed by atoms with E-state index in [4.69, 9.17) is 9.47 Å². The van der Waals surface area contributed by atoms with Crippen molar-refractivity contribution in [2.75, 3.05) is 20.0 Å². The lowest BCUT2D eigenvalue weighted by atomic mass is 10.1. The summed E-state index contributed by atoms with van der Waals surface area (Å²) in [6, 6.07) is 15.3. The van der Waals surface area contributed by atoms with E-state index < -0.39 is 18.1 Å². The molecule has 0 saturated carbocycles. The summed E-state index contributed by atoms with van der Waals surface area (Å²) in [5, 5.41) is 7.07. The second kappa shape index (κ2) is 11.1. The highest BCUT2D eigenvalue weighted by Crippen LogP contribution is 2.29. The molecule has 0 fully saturated rings. The molecule has 37 heavy (non-hydrogen) atoms. The first kappa shape index (κ1) is 26.3. The van der Waals surface area contributed by atoms with Gasteiger partial charge in [-0.05, 0) is 72.8 Å². The van der Waals surface area contributed by atoms with Crippen LogP contribution in [0.15, 0.2) is 71.8 Å². The summed E-state index contributed by atoms with van der Waals surface area (Å²) >= 11 is 1.48. The lowest BCUT2D eigenvalue weighted by molar-refractivity contribution is -0.174. The van der Waals surface area contributed by atoms with Gasteiger partial charge in [0.1, 0.15) is 23.9 Å². The number of fused-ring (bicyclic) bond motifs is 1. The summed E-state index contributed by atoms with van der Waals surface area (Å²) in [6.45, 7) is -0.202. The standard InChI is InChI=1S/C26H23F4N3O3S/c1-35-23-12-16(3-10-24(23)37-2)11-19(32-25(34)26(28,29)30)15-36-21-8-9-22-17(13-21)14-31-33(22)20-6-4-18(27)5-7-20/h3-10,12-14,19H,11,15H2,1-2H3,(H,32,34)/t19-/m0/s1. The Hall–Kier alpha value is -3.73. The van der Waals surface area contributed by atoms with E-state index in [-0.39, 0.29) is 18.8 Å². The Labute approximate surface area is 214 Å². The van der Waals surface area contributed by atoms with Gasteiger partial charge in [-0.1, -0.05) is 6.07 Å². The maximum atomic E-state index is 13.3. The number of ether oxygens (including phenoxy) is 2. The molecule has 0 aliphatic heterocycles. The van der Waals surface area contributed by atoms with Crippen molar-refractivity contribution in [3.05, 3.63) is 78.2 Å². The summed E-state index contributed by atoms with van der Waals surface area (Å²) in [4.78, 5) is 12.6. The zero-order valence-corrected chi connectivity index (χ0v) is 20.7. The molecule has 6 nitrogen and oxygen atoms in total. The largest absolute Gasteiger partial charge is 0.496 e. The smallest absolute Gasteiger partial charge is 0.471 e. The van der Waals surface area contributed by atoms with Gasteiger partial charge in [0.25, 0.3) is 0 Å². The molecular weight excluding hydrogens is 510 g/mol. The summed E-state index contributed by atoms with van der Waals surface area (Å²) in [7, 11) is 1.51. The van der Waals surface area contributed by atoms with E-state index in [1.807, 2.05) is 17.6 Å². The number of nitrogens with zero attached hydrogens (tertiary/aromatic N) is 2. The van der Waals surface area contributed by atoms with Crippen molar-refractivity contribution in [3.63, 3.8) is 0 Å². The van der Waals surface area contributed by atoms with Crippen LogP contribution in [0.1, 0.15) is 5.56 Å². The van der Waals surface area contributed by atoms with E-state index in [0.717, 1.165) is 15.8 Å². The lowest BCUT2D eigenvalue weighted by Gasteiger charge is -2.21. The molecule has 0 aliphatic carbocycles. The number of benzene rings is 3. The van der Waals surface area contributed by atoms with Crippen molar-refractivity contribution in [1.29, 1.82) is 0 Å². The number of alkyl halides is 3. The summed E-state index contributed by atoms with van der Waals surface area (Å²) < 4.78 is 64.9. The van der Waals surface area contributed by atoms with Crippen LogP contribution in [-0.2, 0) is 11.2 Å². The van der Waals surface area contributed by atoms with Gasteiger partial charge in [0.05, 0.1) is 30.6 Å². The molecule has 11 heteroatoms. The molecule has 0 saturated heterocycles. The zero-order valence-electron chi connectivity index (χ0n) is 19.9. The minimum Gasteiger partial charge on any atom is -0.496 e. The monoisotopic (exact) mass is 533 g/mol. The fourth-order valence-corrected chi connectivity index (χ4v) is 4.34. The zero-order chi connectivity index (χ0) is 26.6. The molecule has 0 unspecified atom stereocenters. The van der Waals surface area contributed by atoms with Crippen LogP contribution < -0.4 is 14.8 Å². The molecule has 1 N–H and O–H groups in total. The first-order valence-corrected chi connectivity index (χ1v) is 12.4. The van der Waals surface area contributed by atoms with Crippen LogP contribution in [0, 0.1) is 5.82 Å². The second-order valence-electron chi connectivity index (χ2n) is 8.13. The van der Waals surface area contributed by atoms with Gasteiger partial charge in [-0.25, -0.2) is 9.07 Å². The number of aromatic nitrogens is 2. The van der Waals surface area contributed by atoms with Gasteiger partial charge in [-0.2, -0.15) is 18.3 Å². The Kier molecular flexibility index (Phi) is 7.91. The lowest BCUT2D eigenvalue weighted by Crippen LogP contribution is -2.46. The van der Waals surface area contributed by atoms with Crippen LogP contribution in [0.3, 0.4) is 0 Å². The molecule has 194 valence electrons. The number of halogens is 4. The molecule has 4 aromatic rings. The predicted molar refractivity (Wildman–Crippen MR) is 133 cm³/mol. The highest BCUT2D eigenvalue weighted by Gasteiger charge is 2.39. The van der Waals surface area contributed by atoms with Crippen LogP contribution >= 0.6 is 11.8 Å². The number of amides is 1. The molecule has 4 rings (SSSR count). The van der Waals surface area contributed by atoms with Gasteiger partial charge in [0.2, 0.25) is 0 Å². The van der Waals surface area contributed by atoms with Gasteiger partial charge in [-0.3, -0.25) is 4.79 Å². The third kappa shape index (κ3) is 6.34. The molecule has 1 atom stereocenters. The third-order valence-electron chi connectivity index (χ3n) is 5.58. The average Bonchev–Trinajstić information content (AvgIpc) is 3.30. The molecule has 0 radical (unpaired) electrons. The van der Waals surface area contributed by atoms with Crippen molar-refractivity contribution in [1.82, 2.24) is 15.1 Å². The molecule has 1 amide bonds. The average molecular weight is 534 g/mol. The molecular formula is C26H23F4N3O3S. The van der Waals surface area contributed by atoms with Gasteiger partial charge in [0, 0.05) is 10.3 Å². The quantitative estimate of drug-likeness (QED) is 0.225. The van der Waals surface area contributed by atoms with Gasteiger partial charge in [-0.15, -0.1) is 11.8 Å². The second-order valence-corrected chi connectivity index (χ2v) is 8.97. The van der Waals surface area contributed by atoms with Gasteiger partial charge >= 0.3 is 12.1 Å². The Balaban J connectivity index is 1.52. The summed E-state index contributed by atoms with van der Waals surface area (Å²) in [5.41, 5.74) is 2.09. The molecule has 1 heterocycles. The van der Waals surface area contributed by atoms with Crippen LogP contribution in [0.25, 0.3) is 16.6 Å². The molecule has 3 aromatic carbocycles. The van der Waals surface area contributed by atoms with E-state index in [1.165, 1.54) is 31.0 Å². The van der Waals surface area contributed by atoms with Crippen LogP contribution in [0.5, 0.6) is 11.5 Å². The Bertz CT molecular complexity index is 1390. The highest BCUT2D eigenvalue weighted by molar-refractivity contribution is 7.98. The van der Waals surface area contributed by atoms with Gasteiger partial charge < -0.3 is 14.8 Å². The van der Waals surface area contributed by atoms with Crippen LogP contribution in [0.4, 0.5) is 17.6 Å². The number of nitrogens with one attached hydrogen (secondary N) is 1. The van der Waals surface area contributed by atoms with Crippen LogP contribution in [0.2, 0.25) is 0 Å². The molecule has 1 aromatic heterocycles. The maximum Gasteiger partial charge on any atom is 0.471 e. The number of carbonyl (C=O) groups is 1. The van der Waals surface area contributed by atoms with Crippen molar-refractivity contribution < 1.29 is 31.8 Å². The minimum atomic E-state index is -5.02. The fourth-order valence-electron chi connectivity index (χ4n) is 3.80. The first-order valence-electron chi connectivity index (χ1n) is 11.1. The third-order valence-corrected chi connectivity index (χ3v) is 6.36. The van der Waals surface area contributed by atoms with E-state index in [0.29, 0.717) is 22.7 Å². The van der Waals surface area contributed by atoms with Crippen LogP contribution in [-0.4, -0.2) is 47.9 Å². The number of thioether (sulfide) groups is 1. The number of hydrogen-bond acceptors (Lipinski definition) is 5. The van der Waals surface area contributed by atoms with E-state index >= 15 is 0 Å². The van der Waals surface area contributed by atoms with Crippen molar-refractivity contribution in [2.45, 2.75) is 23.5 Å². The Morgan fingerprint density at radius 2 is 1.86 bits per heavy atom. The topological polar surface area (TPSA) is 65.4 Å². The molecule has 0 spiro atoms. The number of carbonyl (C=O) groups excluding carboxylic acids is 1. The minimum absolute atomic E-state index is 0.0948.